The third-order valence-electron chi connectivity index (χ3n) is 2.59. The molecule has 9 heteroatoms. The number of carbonyl (C=O) groups excluding carboxylic acids is 1. The molecule has 1 heterocycles. The number of rotatable bonds is 6. The summed E-state index contributed by atoms with van der Waals surface area (Å²) in [6.45, 7) is 5.78. The zero-order chi connectivity index (χ0) is 17.6. The molecule has 4 N–H and O–H groups in total. The van der Waals surface area contributed by atoms with Crippen LogP contribution in [0.4, 0.5) is 5.95 Å². The Kier molecular flexibility index (Phi) is 5.80. The number of carbonyl (C=O) groups is 1. The highest BCUT2D eigenvalue weighted by molar-refractivity contribution is 7.99. The second kappa shape index (κ2) is 7.82. The molecule has 0 spiro atoms. The molecule has 0 unspecified atom stereocenters. The van der Waals surface area contributed by atoms with E-state index >= 15 is 0 Å². The fraction of sp³-hybridized carbons (Fsp3) is 0.333. The number of benzene rings is 1. The first-order chi connectivity index (χ1) is 11.3. The van der Waals surface area contributed by atoms with E-state index in [4.69, 9.17) is 0 Å². The standard InChI is InChI=1S/C15H20N6O2S/c1-15(2,3)18-12(23)9-24-14-17-13(20-21-14)19-16-8-10-4-6-11(22)7-5-10/h4-8,22H,9H2,1-3H3,(H,18,23)(H2,17,19,20,21)/b16-8-. The van der Waals surface area contributed by atoms with Gasteiger partial charge in [0.1, 0.15) is 5.75 Å². The number of aromatic amines is 1. The summed E-state index contributed by atoms with van der Waals surface area (Å²) in [5, 5.41) is 23.2. The van der Waals surface area contributed by atoms with Crippen molar-refractivity contribution in [1.29, 1.82) is 0 Å². The van der Waals surface area contributed by atoms with Gasteiger partial charge < -0.3 is 10.4 Å². The van der Waals surface area contributed by atoms with Gasteiger partial charge in [-0.05, 0) is 50.6 Å². The van der Waals surface area contributed by atoms with Gasteiger partial charge in [0.15, 0.2) is 0 Å². The van der Waals surface area contributed by atoms with Crippen molar-refractivity contribution < 1.29 is 9.90 Å². The number of aromatic hydroxyl groups is 1. The number of nitrogens with zero attached hydrogens (tertiary/aromatic N) is 3. The van der Waals surface area contributed by atoms with Crippen LogP contribution in [-0.2, 0) is 4.79 Å². The average molecular weight is 348 g/mol. The first-order valence-corrected chi connectivity index (χ1v) is 8.25. The number of phenols is 1. The Balaban J connectivity index is 1.80. The van der Waals surface area contributed by atoms with Crippen molar-refractivity contribution in [3.8, 4) is 5.75 Å². The number of phenolic OH excluding ortho intramolecular Hbond substituents is 1. The lowest BCUT2D eigenvalue weighted by atomic mass is 10.1. The van der Waals surface area contributed by atoms with E-state index < -0.39 is 0 Å². The molecule has 2 rings (SSSR count). The maximum Gasteiger partial charge on any atom is 0.240 e. The number of H-pyrrole nitrogens is 1. The highest BCUT2D eigenvalue weighted by Crippen LogP contribution is 2.14. The SMILES string of the molecule is CC(C)(C)NC(=O)CSc1n[nH]c(N/N=C\c2ccc(O)cc2)n1. The minimum Gasteiger partial charge on any atom is -0.508 e. The second-order valence-electron chi connectivity index (χ2n) is 6.01. The Bertz CT molecular complexity index is 705. The monoisotopic (exact) mass is 348 g/mol. The topological polar surface area (TPSA) is 115 Å². The molecule has 1 amide bonds. The predicted molar refractivity (Wildman–Crippen MR) is 94.3 cm³/mol. The van der Waals surface area contributed by atoms with Crippen molar-refractivity contribution in [2.24, 2.45) is 5.10 Å². The number of nitrogens with one attached hydrogen (secondary N) is 3. The van der Waals surface area contributed by atoms with Gasteiger partial charge in [-0.1, -0.05) is 11.8 Å². The molecule has 0 saturated carbocycles. The van der Waals surface area contributed by atoms with Gasteiger partial charge in [-0.2, -0.15) is 10.1 Å². The lowest BCUT2D eigenvalue weighted by molar-refractivity contribution is -0.119. The van der Waals surface area contributed by atoms with Crippen molar-refractivity contribution in [2.45, 2.75) is 31.5 Å². The highest BCUT2D eigenvalue weighted by Gasteiger charge is 2.14. The Morgan fingerprint density at radius 3 is 2.75 bits per heavy atom. The first-order valence-electron chi connectivity index (χ1n) is 7.26. The molecule has 1 aromatic carbocycles. The molecule has 1 aromatic heterocycles. The molecule has 0 aliphatic heterocycles. The second-order valence-corrected chi connectivity index (χ2v) is 6.96. The first kappa shape index (κ1) is 17.8. The van der Waals surface area contributed by atoms with Crippen LogP contribution in [0.1, 0.15) is 26.3 Å². The molecule has 0 fully saturated rings. The zero-order valence-corrected chi connectivity index (χ0v) is 14.5. The molecular weight excluding hydrogens is 328 g/mol. The van der Waals surface area contributed by atoms with Crippen LogP contribution in [0, 0.1) is 0 Å². The molecule has 0 saturated heterocycles. The number of anilines is 1. The van der Waals surface area contributed by atoms with Crippen molar-refractivity contribution in [1.82, 2.24) is 20.5 Å². The molecule has 0 atom stereocenters. The number of hydrazone groups is 1. The molecule has 0 radical (unpaired) electrons. The van der Waals surface area contributed by atoms with Gasteiger partial charge in [0.05, 0.1) is 12.0 Å². The van der Waals surface area contributed by atoms with E-state index in [0.29, 0.717) is 11.1 Å². The molecular formula is C15H20N6O2S. The van der Waals surface area contributed by atoms with E-state index in [1.807, 2.05) is 20.8 Å². The van der Waals surface area contributed by atoms with Crippen molar-refractivity contribution >= 4 is 29.8 Å². The van der Waals surface area contributed by atoms with Crippen LogP contribution >= 0.6 is 11.8 Å². The van der Waals surface area contributed by atoms with Crippen LogP contribution in [0.25, 0.3) is 0 Å². The summed E-state index contributed by atoms with van der Waals surface area (Å²) < 4.78 is 0. The predicted octanol–water partition coefficient (Wildman–Crippen LogP) is 1.96. The van der Waals surface area contributed by atoms with Crippen LogP contribution in [0.3, 0.4) is 0 Å². The van der Waals surface area contributed by atoms with Crippen LogP contribution in [0.15, 0.2) is 34.5 Å². The van der Waals surface area contributed by atoms with Gasteiger partial charge in [-0.3, -0.25) is 4.79 Å². The minimum absolute atomic E-state index is 0.0721. The summed E-state index contributed by atoms with van der Waals surface area (Å²) in [7, 11) is 0. The van der Waals surface area contributed by atoms with Gasteiger partial charge >= 0.3 is 0 Å². The van der Waals surface area contributed by atoms with E-state index in [0.717, 1.165) is 5.56 Å². The number of thioether (sulfide) groups is 1. The normalized spacial score (nSPS) is 11.6. The maximum atomic E-state index is 11.7. The van der Waals surface area contributed by atoms with Gasteiger partial charge in [0, 0.05) is 5.54 Å². The number of hydrogen-bond donors (Lipinski definition) is 4. The summed E-state index contributed by atoms with van der Waals surface area (Å²) >= 11 is 1.24. The van der Waals surface area contributed by atoms with Gasteiger partial charge in [0.2, 0.25) is 17.0 Å². The lowest BCUT2D eigenvalue weighted by Gasteiger charge is -2.19. The Morgan fingerprint density at radius 2 is 2.08 bits per heavy atom. The molecule has 24 heavy (non-hydrogen) atoms. The zero-order valence-electron chi connectivity index (χ0n) is 13.7. The molecule has 0 aliphatic rings. The minimum atomic E-state index is -0.258. The van der Waals surface area contributed by atoms with Gasteiger partial charge in [0.25, 0.3) is 0 Å². The smallest absolute Gasteiger partial charge is 0.240 e. The quantitative estimate of drug-likeness (QED) is 0.360. The van der Waals surface area contributed by atoms with E-state index in [-0.39, 0.29) is 22.9 Å². The Hall–Kier alpha value is -2.55. The highest BCUT2D eigenvalue weighted by atomic mass is 32.2. The molecule has 0 aliphatic carbocycles. The Morgan fingerprint density at radius 1 is 1.38 bits per heavy atom. The molecule has 0 bridgehead atoms. The fourth-order valence-electron chi connectivity index (χ4n) is 1.67. The van der Waals surface area contributed by atoms with Crippen molar-refractivity contribution in [2.75, 3.05) is 11.2 Å². The summed E-state index contributed by atoms with van der Waals surface area (Å²) in [5.74, 6) is 0.749. The van der Waals surface area contributed by atoms with E-state index in [9.17, 15) is 9.90 Å². The molecule has 128 valence electrons. The molecule has 2 aromatic rings. The number of aromatic nitrogens is 3. The van der Waals surface area contributed by atoms with Crippen LogP contribution in [0.2, 0.25) is 0 Å². The average Bonchev–Trinajstić information content (AvgIpc) is 2.93. The van der Waals surface area contributed by atoms with E-state index in [1.54, 1.807) is 30.5 Å². The Labute approximate surface area is 144 Å². The number of hydrogen-bond acceptors (Lipinski definition) is 7. The van der Waals surface area contributed by atoms with Crippen molar-refractivity contribution in [3.63, 3.8) is 0 Å². The van der Waals surface area contributed by atoms with Gasteiger partial charge in [-0.15, -0.1) is 5.10 Å². The van der Waals surface area contributed by atoms with Crippen LogP contribution in [-0.4, -0.2) is 43.7 Å². The lowest BCUT2D eigenvalue weighted by Crippen LogP contribution is -2.41. The summed E-state index contributed by atoms with van der Waals surface area (Å²) in [6, 6.07) is 6.62. The van der Waals surface area contributed by atoms with Crippen LogP contribution < -0.4 is 10.7 Å². The van der Waals surface area contributed by atoms with E-state index in [2.05, 4.69) is 31.0 Å². The number of amides is 1. The van der Waals surface area contributed by atoms with Crippen molar-refractivity contribution in [3.05, 3.63) is 29.8 Å². The van der Waals surface area contributed by atoms with Crippen LogP contribution in [0.5, 0.6) is 5.75 Å². The van der Waals surface area contributed by atoms with Gasteiger partial charge in [-0.25, -0.2) is 10.5 Å². The summed E-state index contributed by atoms with van der Waals surface area (Å²) in [4.78, 5) is 15.9. The third-order valence-corrected chi connectivity index (χ3v) is 3.44. The third kappa shape index (κ3) is 6.29. The summed E-state index contributed by atoms with van der Waals surface area (Å²) in [5.41, 5.74) is 3.29. The molecule has 8 nitrogen and oxygen atoms in total. The fourth-order valence-corrected chi connectivity index (χ4v) is 2.27. The van der Waals surface area contributed by atoms with E-state index in [1.165, 1.54) is 11.8 Å². The largest absolute Gasteiger partial charge is 0.508 e. The summed E-state index contributed by atoms with van der Waals surface area (Å²) in [6.07, 6.45) is 1.59. The maximum absolute atomic E-state index is 11.7.